The Bertz CT molecular complexity index is 1700. The zero-order valence-electron chi connectivity index (χ0n) is 25.9. The molecule has 1 saturated heterocycles. The minimum Gasteiger partial charge on any atom is -0.492 e. The summed E-state index contributed by atoms with van der Waals surface area (Å²) >= 11 is 6.71. The van der Waals surface area contributed by atoms with Gasteiger partial charge in [-0.05, 0) is 83.2 Å². The van der Waals surface area contributed by atoms with Crippen molar-refractivity contribution in [2.75, 3.05) is 13.2 Å². The number of nitrogens with two attached hydrogens (primary N) is 1. The van der Waals surface area contributed by atoms with Crippen molar-refractivity contribution in [2.45, 2.75) is 78.0 Å². The first-order valence-electron chi connectivity index (χ1n) is 15.0. The van der Waals surface area contributed by atoms with E-state index in [0.29, 0.717) is 51.5 Å². The van der Waals surface area contributed by atoms with Gasteiger partial charge in [-0.15, -0.1) is 0 Å². The van der Waals surface area contributed by atoms with Crippen LogP contribution in [-0.4, -0.2) is 50.7 Å². The van der Waals surface area contributed by atoms with E-state index in [1.54, 1.807) is 18.3 Å². The maximum absolute atomic E-state index is 13.7. The third kappa shape index (κ3) is 7.05. The predicted octanol–water partition coefficient (Wildman–Crippen LogP) is 6.86. The molecule has 5 rings (SSSR count). The molecule has 232 valence electrons. The summed E-state index contributed by atoms with van der Waals surface area (Å²) in [5.41, 5.74) is 10.8. The van der Waals surface area contributed by atoms with E-state index in [2.05, 4.69) is 21.0 Å². The minimum atomic E-state index is -0.621. The summed E-state index contributed by atoms with van der Waals surface area (Å²) in [6, 6.07) is 10.7. The number of nitrogens with one attached hydrogen (secondary N) is 1. The third-order valence-electron chi connectivity index (χ3n) is 7.81. The van der Waals surface area contributed by atoms with Crippen molar-refractivity contribution >= 4 is 28.6 Å². The van der Waals surface area contributed by atoms with Gasteiger partial charge in [-0.2, -0.15) is 0 Å². The molecule has 2 aromatic heterocycles. The van der Waals surface area contributed by atoms with Crippen LogP contribution in [0.3, 0.4) is 0 Å². The Morgan fingerprint density at radius 1 is 1.16 bits per heavy atom. The van der Waals surface area contributed by atoms with Crippen LogP contribution in [-0.2, 0) is 4.74 Å². The fraction of sp³-hybridized carbons (Fsp3) is 0.412. The third-order valence-corrected chi connectivity index (χ3v) is 8.13. The number of rotatable bonds is 7. The monoisotopic (exact) mass is 617 g/mol. The van der Waals surface area contributed by atoms with Gasteiger partial charge in [-0.25, -0.2) is 14.8 Å². The molecule has 2 atom stereocenters. The maximum atomic E-state index is 13.7. The van der Waals surface area contributed by atoms with Crippen LogP contribution in [0.25, 0.3) is 22.0 Å². The molecule has 10 heteroatoms. The normalized spacial score (nSPS) is 16.2. The van der Waals surface area contributed by atoms with Gasteiger partial charge in [0, 0.05) is 35.6 Å². The molecular formula is C34H40ClN5O4. The number of carbonyl (C=O) groups is 1. The number of ether oxygens (including phenoxy) is 2. The number of hydrogen-bond donors (Lipinski definition) is 2. The second-order valence-electron chi connectivity index (χ2n) is 12.5. The zero-order valence-corrected chi connectivity index (χ0v) is 26.7. The van der Waals surface area contributed by atoms with Crippen LogP contribution in [0.4, 0.5) is 4.79 Å². The van der Waals surface area contributed by atoms with Gasteiger partial charge in [0.2, 0.25) is 0 Å². The van der Waals surface area contributed by atoms with Gasteiger partial charge in [0.15, 0.2) is 0 Å². The van der Waals surface area contributed by atoms with Crippen molar-refractivity contribution in [1.29, 1.82) is 0 Å². The highest BCUT2D eigenvalue weighted by Crippen LogP contribution is 2.38. The highest BCUT2D eigenvalue weighted by Gasteiger charge is 2.31. The van der Waals surface area contributed by atoms with E-state index in [1.807, 2.05) is 57.7 Å². The van der Waals surface area contributed by atoms with Crippen molar-refractivity contribution in [2.24, 2.45) is 5.73 Å². The Morgan fingerprint density at radius 2 is 1.91 bits per heavy atom. The average molecular weight is 618 g/mol. The van der Waals surface area contributed by atoms with Crippen molar-refractivity contribution in [3.63, 3.8) is 0 Å². The number of likely N-dealkylation sites (tertiary alicyclic amines) is 1. The lowest BCUT2D eigenvalue weighted by Crippen LogP contribution is -2.46. The topological polar surface area (TPSA) is 123 Å². The smallest absolute Gasteiger partial charge is 0.410 e. The molecule has 1 aliphatic rings. The molecule has 0 bridgehead atoms. The summed E-state index contributed by atoms with van der Waals surface area (Å²) < 4.78 is 12.3. The predicted molar refractivity (Wildman–Crippen MR) is 173 cm³/mol. The number of fused-ring (bicyclic) bond motifs is 1. The molecule has 4 aromatic rings. The molecule has 3 heterocycles. The lowest BCUT2D eigenvalue weighted by molar-refractivity contribution is 0.00745. The molecule has 1 aliphatic heterocycles. The fourth-order valence-electron chi connectivity index (χ4n) is 5.88. The summed E-state index contributed by atoms with van der Waals surface area (Å²) in [5, 5.41) is 1.08. The van der Waals surface area contributed by atoms with E-state index in [0.717, 1.165) is 36.0 Å². The van der Waals surface area contributed by atoms with Crippen LogP contribution in [0.2, 0.25) is 5.02 Å². The highest BCUT2D eigenvalue weighted by molar-refractivity contribution is 6.32. The highest BCUT2D eigenvalue weighted by atomic mass is 35.5. The summed E-state index contributed by atoms with van der Waals surface area (Å²) in [6.45, 7) is 10.5. The first kappa shape index (κ1) is 31.5. The Balaban J connectivity index is 1.56. The van der Waals surface area contributed by atoms with Crippen molar-refractivity contribution in [3.05, 3.63) is 86.7 Å². The van der Waals surface area contributed by atoms with E-state index in [9.17, 15) is 9.59 Å². The van der Waals surface area contributed by atoms with Gasteiger partial charge in [0.05, 0.1) is 29.4 Å². The molecule has 2 unspecified atom stereocenters. The number of amides is 1. The van der Waals surface area contributed by atoms with Gasteiger partial charge >= 0.3 is 6.09 Å². The van der Waals surface area contributed by atoms with Crippen LogP contribution < -0.4 is 16.0 Å². The van der Waals surface area contributed by atoms with Gasteiger partial charge in [-0.1, -0.05) is 40.9 Å². The molecule has 9 nitrogen and oxygen atoms in total. The van der Waals surface area contributed by atoms with Crippen molar-refractivity contribution in [1.82, 2.24) is 19.9 Å². The number of piperidine rings is 1. The number of aromatic nitrogens is 3. The summed E-state index contributed by atoms with van der Waals surface area (Å²) in [6.07, 6.45) is 6.17. The Morgan fingerprint density at radius 3 is 2.59 bits per heavy atom. The SMILES string of the molecule is Cc1cc(C)cc(-c2c(OCCC3CCCCN3C(=O)OC(C)(C)C)c3cc(C(N)c4ccncn4)c(Cl)cc3[nH]c2=O)c1. The Kier molecular flexibility index (Phi) is 9.27. The van der Waals surface area contributed by atoms with E-state index < -0.39 is 11.6 Å². The number of nitrogens with zero attached hydrogens (tertiary/aromatic N) is 3. The Hall–Kier alpha value is -3.95. The zero-order chi connectivity index (χ0) is 31.6. The molecule has 2 aromatic carbocycles. The van der Waals surface area contributed by atoms with E-state index in [1.165, 1.54) is 6.33 Å². The van der Waals surface area contributed by atoms with Crippen LogP contribution in [0.15, 0.2) is 53.7 Å². The molecule has 0 saturated carbocycles. The standard InChI is InChI=1S/C34H40ClN5O4/c1-20-14-21(2)16-22(15-20)29-31(43-13-10-23-8-6-7-12-40(23)33(42)44-34(3,4)5)25-17-24(26(35)18-28(25)39-32(29)41)30(36)27-9-11-37-19-38-27/h9,11,14-19,23,30H,6-8,10,12-13,36H2,1-5H3,(H,39,41). The Labute approximate surface area is 262 Å². The fourth-order valence-corrected chi connectivity index (χ4v) is 6.16. The van der Waals surface area contributed by atoms with E-state index in [4.69, 9.17) is 26.8 Å². The first-order valence-corrected chi connectivity index (χ1v) is 15.4. The minimum absolute atomic E-state index is 0.0345. The number of benzene rings is 2. The van der Waals surface area contributed by atoms with Crippen LogP contribution in [0.1, 0.15) is 74.9 Å². The largest absolute Gasteiger partial charge is 0.492 e. The van der Waals surface area contributed by atoms with E-state index >= 15 is 0 Å². The molecule has 3 N–H and O–H groups in total. The van der Waals surface area contributed by atoms with Crippen LogP contribution >= 0.6 is 11.6 Å². The molecule has 1 fully saturated rings. The number of hydrogen-bond acceptors (Lipinski definition) is 7. The second kappa shape index (κ2) is 13.0. The van der Waals surface area contributed by atoms with Gasteiger partial charge in [-0.3, -0.25) is 4.79 Å². The summed E-state index contributed by atoms with van der Waals surface area (Å²) in [5.74, 6) is 0.446. The average Bonchev–Trinajstić information content (AvgIpc) is 2.95. The molecule has 0 radical (unpaired) electrons. The molecule has 0 aliphatic carbocycles. The number of aryl methyl sites for hydroxylation is 2. The van der Waals surface area contributed by atoms with Crippen LogP contribution in [0.5, 0.6) is 5.75 Å². The number of aromatic amines is 1. The maximum Gasteiger partial charge on any atom is 0.410 e. The molecular weight excluding hydrogens is 578 g/mol. The summed E-state index contributed by atoms with van der Waals surface area (Å²) in [7, 11) is 0. The molecule has 44 heavy (non-hydrogen) atoms. The number of H-pyrrole nitrogens is 1. The second-order valence-corrected chi connectivity index (χ2v) is 12.9. The lowest BCUT2D eigenvalue weighted by atomic mass is 9.96. The van der Waals surface area contributed by atoms with E-state index in [-0.39, 0.29) is 24.3 Å². The van der Waals surface area contributed by atoms with Gasteiger partial charge < -0.3 is 25.1 Å². The number of halogens is 1. The van der Waals surface area contributed by atoms with Gasteiger partial charge in [0.25, 0.3) is 5.56 Å². The first-order chi connectivity index (χ1) is 20.9. The number of pyridine rings is 1. The van der Waals surface area contributed by atoms with Crippen molar-refractivity contribution < 1.29 is 14.3 Å². The van der Waals surface area contributed by atoms with Crippen LogP contribution in [0, 0.1) is 13.8 Å². The summed E-state index contributed by atoms with van der Waals surface area (Å²) in [4.78, 5) is 39.8. The number of carbonyl (C=O) groups excluding carboxylic acids is 1. The lowest BCUT2D eigenvalue weighted by Gasteiger charge is -2.36. The van der Waals surface area contributed by atoms with Crippen molar-refractivity contribution in [3.8, 4) is 16.9 Å². The molecule has 1 amide bonds. The van der Waals surface area contributed by atoms with Gasteiger partial charge in [0.1, 0.15) is 17.7 Å². The quantitative estimate of drug-likeness (QED) is 0.232. The molecule has 0 spiro atoms.